The van der Waals surface area contributed by atoms with Gasteiger partial charge in [0, 0.05) is 19.3 Å². The van der Waals surface area contributed by atoms with Crippen molar-refractivity contribution >= 4 is 17.9 Å². The van der Waals surface area contributed by atoms with E-state index in [1.165, 1.54) is 186 Å². The van der Waals surface area contributed by atoms with Crippen molar-refractivity contribution in [2.45, 2.75) is 329 Å². The van der Waals surface area contributed by atoms with Gasteiger partial charge in [0.05, 0.1) is 0 Å². The van der Waals surface area contributed by atoms with Crippen LogP contribution in [-0.4, -0.2) is 37.2 Å². The number of carbonyl (C=O) groups is 3. The highest BCUT2D eigenvalue weighted by atomic mass is 16.6. The molecule has 0 fully saturated rings. The van der Waals surface area contributed by atoms with Crippen LogP contribution in [-0.2, 0) is 28.6 Å². The van der Waals surface area contributed by atoms with Crippen LogP contribution in [0.3, 0.4) is 0 Å². The maximum atomic E-state index is 12.9. The van der Waals surface area contributed by atoms with Crippen molar-refractivity contribution in [3.63, 3.8) is 0 Å². The molecule has 0 radical (unpaired) electrons. The Labute approximate surface area is 495 Å². The summed E-state index contributed by atoms with van der Waals surface area (Å²) in [5.41, 5.74) is 0. The Morgan fingerprint density at radius 2 is 0.512 bits per heavy atom. The molecule has 0 bridgehead atoms. The lowest BCUT2D eigenvalue weighted by Crippen LogP contribution is -2.30. The number of unbranched alkanes of at least 4 members (excludes halogenated alkanes) is 32. The molecule has 0 aromatic rings. The maximum Gasteiger partial charge on any atom is 0.306 e. The molecular weight excluding hydrogens is 985 g/mol. The van der Waals surface area contributed by atoms with Gasteiger partial charge >= 0.3 is 17.9 Å². The zero-order chi connectivity index (χ0) is 57.8. The number of hydrogen-bond acceptors (Lipinski definition) is 6. The third-order valence-electron chi connectivity index (χ3n) is 14.5. The van der Waals surface area contributed by atoms with Crippen LogP contribution >= 0.6 is 0 Å². The largest absolute Gasteiger partial charge is 0.462 e. The van der Waals surface area contributed by atoms with Gasteiger partial charge in [-0.25, -0.2) is 0 Å². The van der Waals surface area contributed by atoms with Crippen LogP contribution in [0.5, 0.6) is 0 Å². The van der Waals surface area contributed by atoms with Gasteiger partial charge in [0.2, 0.25) is 0 Å². The number of esters is 3. The standard InChI is InChI=1S/C74H126O6/c1-4-7-10-13-16-19-22-25-28-31-34-35-36-37-38-39-41-43-46-49-52-55-58-61-64-67-73(76)79-70-71(69-78-72(75)66-63-60-57-54-51-48-45-42-33-30-27-24-21-18-15-12-9-6-3)80-74(77)68-65-62-59-56-53-50-47-44-40-32-29-26-23-20-17-14-11-8-5-2/h8,11,17,20-21,24,26,29-31,33-34,40,44,50,53,59,62,71H,4-7,9-10,12-16,18-19,22-23,25,27-28,32,35-39,41-43,45-49,51-52,54-58,60-61,63-70H2,1-3H3/b11-8-,20-17-,24-21-,29-26-,33-30-,34-31-,44-40-,53-50-,62-59-. The topological polar surface area (TPSA) is 78.9 Å². The summed E-state index contributed by atoms with van der Waals surface area (Å²) in [6.45, 7) is 6.47. The summed E-state index contributed by atoms with van der Waals surface area (Å²) in [6, 6.07) is 0. The van der Waals surface area contributed by atoms with Crippen molar-refractivity contribution in [1.29, 1.82) is 0 Å². The fourth-order valence-electron chi connectivity index (χ4n) is 9.44. The molecule has 0 heterocycles. The van der Waals surface area contributed by atoms with Gasteiger partial charge in [-0.05, 0) is 116 Å². The molecule has 458 valence electrons. The second kappa shape index (κ2) is 67.6. The summed E-state index contributed by atoms with van der Waals surface area (Å²) in [6.07, 6.45) is 92.6. The normalized spacial score (nSPS) is 12.8. The molecule has 0 aliphatic carbocycles. The maximum absolute atomic E-state index is 12.9. The molecular formula is C74H126O6. The minimum absolute atomic E-state index is 0.111. The molecule has 0 spiro atoms. The van der Waals surface area contributed by atoms with Gasteiger partial charge in [-0.2, -0.15) is 0 Å². The summed E-state index contributed by atoms with van der Waals surface area (Å²) in [7, 11) is 0. The van der Waals surface area contributed by atoms with Crippen molar-refractivity contribution < 1.29 is 28.6 Å². The molecule has 1 atom stereocenters. The summed E-state index contributed by atoms with van der Waals surface area (Å²) in [5, 5.41) is 0. The van der Waals surface area contributed by atoms with Crippen LogP contribution in [0.4, 0.5) is 0 Å². The van der Waals surface area contributed by atoms with Crippen molar-refractivity contribution in [2.75, 3.05) is 13.2 Å². The van der Waals surface area contributed by atoms with Crippen molar-refractivity contribution in [1.82, 2.24) is 0 Å². The Balaban J connectivity index is 4.43. The molecule has 0 aliphatic heterocycles. The molecule has 80 heavy (non-hydrogen) atoms. The SMILES string of the molecule is CC/C=C\C/C=C\C/C=C\C/C=C\C/C=C\C/C=C\CCC(=O)OC(COC(=O)CCCCCCCCC/C=C\C/C=C\CCCCCC)COC(=O)CCCCCCCCCCCCCCC/C=C\CCCCCCCCCC. The quantitative estimate of drug-likeness (QED) is 0.0261. The second-order valence-corrected chi connectivity index (χ2v) is 22.3. The van der Waals surface area contributed by atoms with Gasteiger partial charge in [-0.15, -0.1) is 0 Å². The smallest absolute Gasteiger partial charge is 0.306 e. The molecule has 0 N–H and O–H groups in total. The molecule has 0 aromatic heterocycles. The van der Waals surface area contributed by atoms with Crippen molar-refractivity contribution in [2.24, 2.45) is 0 Å². The zero-order valence-corrected chi connectivity index (χ0v) is 52.6. The molecule has 0 aliphatic rings. The van der Waals surface area contributed by atoms with E-state index in [0.717, 1.165) is 89.9 Å². The average Bonchev–Trinajstić information content (AvgIpc) is 3.46. The fraction of sp³-hybridized carbons (Fsp3) is 0.716. The Hall–Kier alpha value is -3.93. The van der Waals surface area contributed by atoms with E-state index in [2.05, 4.69) is 124 Å². The van der Waals surface area contributed by atoms with Crippen LogP contribution in [0.25, 0.3) is 0 Å². The van der Waals surface area contributed by atoms with E-state index in [1.807, 2.05) is 6.08 Å². The number of carbonyl (C=O) groups excluding carboxylic acids is 3. The monoisotopic (exact) mass is 1110 g/mol. The number of rotatable bonds is 61. The van der Waals surface area contributed by atoms with E-state index >= 15 is 0 Å². The number of hydrogen-bond donors (Lipinski definition) is 0. The lowest BCUT2D eigenvalue weighted by atomic mass is 10.0. The second-order valence-electron chi connectivity index (χ2n) is 22.3. The van der Waals surface area contributed by atoms with E-state index < -0.39 is 12.1 Å². The van der Waals surface area contributed by atoms with Gasteiger partial charge in [0.15, 0.2) is 6.10 Å². The summed E-state index contributed by atoms with van der Waals surface area (Å²) in [4.78, 5) is 38.4. The van der Waals surface area contributed by atoms with E-state index in [9.17, 15) is 14.4 Å². The molecule has 0 saturated carbocycles. The molecule has 0 saturated heterocycles. The lowest BCUT2D eigenvalue weighted by Gasteiger charge is -2.18. The molecule has 1 unspecified atom stereocenters. The first-order chi connectivity index (χ1) is 39.5. The van der Waals surface area contributed by atoms with Gasteiger partial charge < -0.3 is 14.2 Å². The Morgan fingerprint density at radius 3 is 0.838 bits per heavy atom. The Morgan fingerprint density at radius 1 is 0.263 bits per heavy atom. The molecule has 0 amide bonds. The van der Waals surface area contributed by atoms with Crippen LogP contribution in [0, 0.1) is 0 Å². The molecule has 6 heteroatoms. The zero-order valence-electron chi connectivity index (χ0n) is 52.6. The molecule has 6 nitrogen and oxygen atoms in total. The van der Waals surface area contributed by atoms with Crippen LogP contribution in [0.15, 0.2) is 109 Å². The first-order valence-electron chi connectivity index (χ1n) is 33.9. The minimum atomic E-state index is -0.825. The number of ether oxygens (including phenoxy) is 3. The third-order valence-corrected chi connectivity index (χ3v) is 14.5. The highest BCUT2D eigenvalue weighted by Gasteiger charge is 2.19. The van der Waals surface area contributed by atoms with Crippen LogP contribution < -0.4 is 0 Å². The highest BCUT2D eigenvalue weighted by Crippen LogP contribution is 2.16. The summed E-state index contributed by atoms with van der Waals surface area (Å²) < 4.78 is 16.9. The number of allylic oxidation sites excluding steroid dienone is 18. The van der Waals surface area contributed by atoms with Crippen LogP contribution in [0.2, 0.25) is 0 Å². The lowest BCUT2D eigenvalue weighted by molar-refractivity contribution is -0.166. The van der Waals surface area contributed by atoms with E-state index in [4.69, 9.17) is 14.2 Å². The molecule has 0 aromatic carbocycles. The fourth-order valence-corrected chi connectivity index (χ4v) is 9.44. The first-order valence-corrected chi connectivity index (χ1v) is 33.9. The summed E-state index contributed by atoms with van der Waals surface area (Å²) in [5.74, 6) is -0.994. The predicted molar refractivity (Wildman–Crippen MR) is 348 cm³/mol. The summed E-state index contributed by atoms with van der Waals surface area (Å²) >= 11 is 0. The Bertz CT molecular complexity index is 1610. The third kappa shape index (κ3) is 64.9. The molecule has 0 rings (SSSR count). The Kier molecular flexibility index (Phi) is 64.3. The van der Waals surface area contributed by atoms with Gasteiger partial charge in [0.25, 0.3) is 0 Å². The van der Waals surface area contributed by atoms with Crippen LogP contribution in [0.1, 0.15) is 323 Å². The van der Waals surface area contributed by atoms with Crippen molar-refractivity contribution in [3.05, 3.63) is 109 Å². The van der Waals surface area contributed by atoms with E-state index in [1.54, 1.807) is 0 Å². The van der Waals surface area contributed by atoms with Crippen molar-refractivity contribution in [3.8, 4) is 0 Å². The highest BCUT2D eigenvalue weighted by molar-refractivity contribution is 5.71. The van der Waals surface area contributed by atoms with E-state index in [0.29, 0.717) is 19.3 Å². The van der Waals surface area contributed by atoms with Gasteiger partial charge in [-0.3, -0.25) is 14.4 Å². The first kappa shape index (κ1) is 76.1. The van der Waals surface area contributed by atoms with Gasteiger partial charge in [-0.1, -0.05) is 297 Å². The van der Waals surface area contributed by atoms with E-state index in [-0.39, 0.29) is 31.6 Å². The minimum Gasteiger partial charge on any atom is -0.462 e. The predicted octanol–water partition coefficient (Wildman–Crippen LogP) is 23.4. The van der Waals surface area contributed by atoms with Gasteiger partial charge in [0.1, 0.15) is 13.2 Å². The average molecular weight is 1110 g/mol.